The molecule has 0 amide bonds. The van der Waals surface area contributed by atoms with Crippen LogP contribution in [0.25, 0.3) is 0 Å². The van der Waals surface area contributed by atoms with Gasteiger partial charge in [0.1, 0.15) is 0 Å². The Morgan fingerprint density at radius 2 is 2.09 bits per heavy atom. The van der Waals surface area contributed by atoms with Crippen LogP contribution in [0.5, 0.6) is 0 Å². The van der Waals surface area contributed by atoms with E-state index in [2.05, 4.69) is 38.7 Å². The van der Waals surface area contributed by atoms with Crippen molar-refractivity contribution in [1.29, 1.82) is 0 Å². The highest BCUT2D eigenvalue weighted by Gasteiger charge is 2.20. The van der Waals surface area contributed by atoms with Crippen LogP contribution >= 0.6 is 24.0 Å². The summed E-state index contributed by atoms with van der Waals surface area (Å²) < 4.78 is 2.07. The summed E-state index contributed by atoms with van der Waals surface area (Å²) in [5.74, 6) is 2.73. The van der Waals surface area contributed by atoms with Crippen LogP contribution in [0, 0.1) is 11.8 Å². The number of aromatic nitrogens is 2. The lowest BCUT2D eigenvalue weighted by Gasteiger charge is -2.31. The average molecular weight is 419 g/mol. The van der Waals surface area contributed by atoms with E-state index in [9.17, 15) is 0 Å². The van der Waals surface area contributed by atoms with Crippen LogP contribution in [0.4, 0.5) is 0 Å². The maximum atomic E-state index is 4.39. The Bertz CT molecular complexity index is 424. The summed E-state index contributed by atoms with van der Waals surface area (Å²) in [5, 5.41) is 3.43. The van der Waals surface area contributed by atoms with Gasteiger partial charge in [-0.05, 0) is 24.7 Å². The number of nitrogens with zero attached hydrogens (tertiary/aromatic N) is 4. The van der Waals surface area contributed by atoms with Crippen LogP contribution in [0.15, 0.2) is 23.7 Å². The molecule has 126 valence electrons. The lowest BCUT2D eigenvalue weighted by Crippen LogP contribution is -2.42. The van der Waals surface area contributed by atoms with Crippen LogP contribution in [0.3, 0.4) is 0 Å². The number of aliphatic imine (C=N–C) groups is 1. The predicted octanol–water partition coefficient (Wildman–Crippen LogP) is 2.83. The molecule has 0 bridgehead atoms. The predicted molar refractivity (Wildman–Crippen MR) is 103 cm³/mol. The number of rotatable bonds is 5. The van der Waals surface area contributed by atoms with Gasteiger partial charge < -0.3 is 14.8 Å². The maximum absolute atomic E-state index is 4.39. The van der Waals surface area contributed by atoms with E-state index < -0.39 is 0 Å². The van der Waals surface area contributed by atoms with Gasteiger partial charge in [0, 0.05) is 46.1 Å². The summed E-state index contributed by atoms with van der Waals surface area (Å²) >= 11 is 0. The second kappa shape index (κ2) is 10.1. The number of halogens is 1. The van der Waals surface area contributed by atoms with Crippen molar-refractivity contribution in [3.8, 4) is 0 Å². The van der Waals surface area contributed by atoms with Crippen molar-refractivity contribution < 1.29 is 0 Å². The minimum atomic E-state index is 0. The van der Waals surface area contributed by atoms with Crippen molar-refractivity contribution in [1.82, 2.24) is 19.8 Å². The molecule has 0 spiro atoms. The third-order valence-corrected chi connectivity index (χ3v) is 4.45. The van der Waals surface area contributed by atoms with Crippen molar-refractivity contribution in [2.45, 2.75) is 39.2 Å². The zero-order valence-corrected chi connectivity index (χ0v) is 16.4. The molecule has 1 aromatic rings. The molecule has 1 aliphatic carbocycles. The summed E-state index contributed by atoms with van der Waals surface area (Å²) in [6.45, 7) is 5.26. The second-order valence-corrected chi connectivity index (χ2v) is 6.28. The zero-order chi connectivity index (χ0) is 15.1. The van der Waals surface area contributed by atoms with Gasteiger partial charge in [-0.25, -0.2) is 4.98 Å². The third kappa shape index (κ3) is 6.14. The summed E-state index contributed by atoms with van der Waals surface area (Å²) in [4.78, 5) is 10.7. The van der Waals surface area contributed by atoms with Crippen LogP contribution in [0.2, 0.25) is 0 Å². The lowest BCUT2D eigenvalue weighted by atomic mass is 9.83. The van der Waals surface area contributed by atoms with Gasteiger partial charge >= 0.3 is 0 Å². The number of hydrogen-bond acceptors (Lipinski definition) is 2. The first-order chi connectivity index (χ1) is 10.2. The van der Waals surface area contributed by atoms with E-state index >= 15 is 0 Å². The summed E-state index contributed by atoms with van der Waals surface area (Å²) in [7, 11) is 4.00. The van der Waals surface area contributed by atoms with Crippen LogP contribution in [0.1, 0.15) is 32.6 Å². The first-order valence-corrected chi connectivity index (χ1v) is 8.06. The summed E-state index contributed by atoms with van der Waals surface area (Å²) in [6.07, 6.45) is 11.1. The molecule has 0 saturated heterocycles. The SMILES string of the molecule is CN=C(NCCn1ccnc1)N(C)CC1CCC(C)CC1.I. The zero-order valence-electron chi connectivity index (χ0n) is 14.0. The van der Waals surface area contributed by atoms with E-state index in [-0.39, 0.29) is 24.0 Å². The molecule has 0 atom stereocenters. The van der Waals surface area contributed by atoms with Crippen molar-refractivity contribution in [3.63, 3.8) is 0 Å². The highest BCUT2D eigenvalue weighted by molar-refractivity contribution is 14.0. The second-order valence-electron chi connectivity index (χ2n) is 6.28. The molecule has 1 aromatic heterocycles. The molecule has 6 heteroatoms. The maximum Gasteiger partial charge on any atom is 0.193 e. The quantitative estimate of drug-likeness (QED) is 0.454. The largest absolute Gasteiger partial charge is 0.354 e. The summed E-state index contributed by atoms with van der Waals surface area (Å²) in [6, 6.07) is 0. The fourth-order valence-electron chi connectivity index (χ4n) is 3.09. The Labute approximate surface area is 151 Å². The minimum absolute atomic E-state index is 0. The van der Waals surface area contributed by atoms with Crippen molar-refractivity contribution in [2.75, 3.05) is 27.2 Å². The molecule has 1 heterocycles. The smallest absolute Gasteiger partial charge is 0.193 e. The number of hydrogen-bond donors (Lipinski definition) is 1. The Kier molecular flexibility index (Phi) is 8.82. The van der Waals surface area contributed by atoms with Gasteiger partial charge in [0.15, 0.2) is 5.96 Å². The molecule has 0 radical (unpaired) electrons. The first kappa shape index (κ1) is 19.3. The standard InChI is InChI=1S/C16H29N5.HI/c1-14-4-6-15(7-5-14)12-20(3)16(17-2)19-9-11-21-10-8-18-13-21;/h8,10,13-15H,4-7,9,11-12H2,1-3H3,(H,17,19);1H. The Morgan fingerprint density at radius 3 is 2.68 bits per heavy atom. The normalized spacial score (nSPS) is 22.0. The van der Waals surface area contributed by atoms with E-state index in [0.29, 0.717) is 0 Å². The van der Waals surface area contributed by atoms with E-state index in [4.69, 9.17) is 0 Å². The van der Waals surface area contributed by atoms with Gasteiger partial charge in [-0.3, -0.25) is 4.99 Å². The monoisotopic (exact) mass is 419 g/mol. The molecule has 22 heavy (non-hydrogen) atoms. The molecule has 0 aliphatic heterocycles. The highest BCUT2D eigenvalue weighted by Crippen LogP contribution is 2.28. The fourth-order valence-corrected chi connectivity index (χ4v) is 3.09. The molecular weight excluding hydrogens is 389 g/mol. The van der Waals surface area contributed by atoms with Crippen molar-refractivity contribution in [2.24, 2.45) is 16.8 Å². The Balaban J connectivity index is 0.00000242. The molecule has 2 rings (SSSR count). The van der Waals surface area contributed by atoms with Crippen LogP contribution in [-0.2, 0) is 6.54 Å². The third-order valence-electron chi connectivity index (χ3n) is 4.45. The first-order valence-electron chi connectivity index (χ1n) is 8.06. The van der Waals surface area contributed by atoms with Gasteiger partial charge in [-0.1, -0.05) is 19.8 Å². The summed E-state index contributed by atoms with van der Waals surface area (Å²) in [5.41, 5.74) is 0. The molecule has 0 unspecified atom stereocenters. The Morgan fingerprint density at radius 1 is 1.36 bits per heavy atom. The van der Waals surface area contributed by atoms with Gasteiger partial charge in [-0.15, -0.1) is 24.0 Å². The topological polar surface area (TPSA) is 45.5 Å². The molecular formula is C16H30IN5. The van der Waals surface area contributed by atoms with E-state index in [0.717, 1.165) is 37.4 Å². The molecule has 1 saturated carbocycles. The molecule has 1 fully saturated rings. The van der Waals surface area contributed by atoms with Gasteiger partial charge in [0.25, 0.3) is 0 Å². The lowest BCUT2D eigenvalue weighted by molar-refractivity contribution is 0.250. The Hall–Kier alpha value is -0.790. The minimum Gasteiger partial charge on any atom is -0.354 e. The fraction of sp³-hybridized carbons (Fsp3) is 0.750. The van der Waals surface area contributed by atoms with E-state index in [1.165, 1.54) is 25.7 Å². The van der Waals surface area contributed by atoms with Crippen molar-refractivity contribution >= 4 is 29.9 Å². The van der Waals surface area contributed by atoms with Gasteiger partial charge in [0.05, 0.1) is 6.33 Å². The molecule has 1 aliphatic rings. The van der Waals surface area contributed by atoms with Crippen LogP contribution in [-0.4, -0.2) is 47.6 Å². The number of guanidine groups is 1. The van der Waals surface area contributed by atoms with E-state index in [1.54, 1.807) is 0 Å². The van der Waals surface area contributed by atoms with Crippen molar-refractivity contribution in [3.05, 3.63) is 18.7 Å². The van der Waals surface area contributed by atoms with Gasteiger partial charge in [0.2, 0.25) is 0 Å². The highest BCUT2D eigenvalue weighted by atomic mass is 127. The molecule has 1 N–H and O–H groups in total. The molecule has 0 aromatic carbocycles. The number of nitrogens with one attached hydrogen (secondary N) is 1. The molecule has 5 nitrogen and oxygen atoms in total. The average Bonchev–Trinajstić information content (AvgIpc) is 2.99. The number of imidazole rings is 1. The van der Waals surface area contributed by atoms with Crippen LogP contribution < -0.4 is 5.32 Å². The van der Waals surface area contributed by atoms with Gasteiger partial charge in [-0.2, -0.15) is 0 Å². The van der Waals surface area contributed by atoms with E-state index in [1.807, 2.05) is 25.8 Å².